The Kier molecular flexibility index (Phi) is 10.6. The van der Waals surface area contributed by atoms with E-state index in [1.165, 1.54) is 6.92 Å². The van der Waals surface area contributed by atoms with Gasteiger partial charge in [0, 0.05) is 12.2 Å². The van der Waals surface area contributed by atoms with E-state index in [4.69, 9.17) is 15.6 Å². The summed E-state index contributed by atoms with van der Waals surface area (Å²) in [6.07, 6.45) is -5.08. The highest BCUT2D eigenvalue weighted by atomic mass is 19.4. The standard InChI is InChI=1S/C16H23N3O5.C2HF3O2/c1-4-24-15(22)16(3,23)9-18-13(20)14(21)19-12-6-10(2)5-11(7-12)8-17;3-2(4,5)1(6)7/h5-7,23H,4,8-9,17H2,1-3H3,(H,18,20)(H,19,21);(H,6,7). The zero-order valence-electron chi connectivity index (χ0n) is 17.0. The molecule has 0 radical (unpaired) electrons. The third kappa shape index (κ3) is 10.4. The average molecular weight is 451 g/mol. The van der Waals surface area contributed by atoms with Crippen molar-refractivity contribution in [2.24, 2.45) is 5.73 Å². The first-order valence-electron chi connectivity index (χ1n) is 8.73. The van der Waals surface area contributed by atoms with Crippen LogP contribution in [0.3, 0.4) is 0 Å². The third-order valence-corrected chi connectivity index (χ3v) is 3.39. The number of rotatable bonds is 6. The molecule has 1 aromatic carbocycles. The van der Waals surface area contributed by atoms with Crippen LogP contribution in [0.2, 0.25) is 0 Å². The van der Waals surface area contributed by atoms with Crippen LogP contribution in [0, 0.1) is 6.92 Å². The Labute approximate surface area is 175 Å². The maximum absolute atomic E-state index is 11.9. The van der Waals surface area contributed by atoms with Crippen LogP contribution in [0.15, 0.2) is 18.2 Å². The maximum Gasteiger partial charge on any atom is 0.490 e. The van der Waals surface area contributed by atoms with Gasteiger partial charge >= 0.3 is 29.9 Å². The van der Waals surface area contributed by atoms with Crippen molar-refractivity contribution in [1.29, 1.82) is 0 Å². The van der Waals surface area contributed by atoms with Gasteiger partial charge in [0.25, 0.3) is 0 Å². The predicted octanol–water partition coefficient (Wildman–Crippen LogP) is 0.456. The van der Waals surface area contributed by atoms with Gasteiger partial charge in [-0.15, -0.1) is 0 Å². The SMILES string of the molecule is CCOC(=O)C(C)(O)CNC(=O)C(=O)Nc1cc(C)cc(CN)c1.O=C(O)C(F)(F)F. The first-order chi connectivity index (χ1) is 14.1. The van der Waals surface area contributed by atoms with Crippen LogP contribution >= 0.6 is 0 Å². The molecule has 1 rings (SSSR count). The van der Waals surface area contributed by atoms with Gasteiger partial charge in [-0.25, -0.2) is 9.59 Å². The number of carboxylic acid groups (broad SMARTS) is 1. The van der Waals surface area contributed by atoms with Gasteiger partial charge in [-0.3, -0.25) is 9.59 Å². The quantitative estimate of drug-likeness (QED) is 0.307. The lowest BCUT2D eigenvalue weighted by atomic mass is 10.1. The van der Waals surface area contributed by atoms with E-state index < -0.39 is 42.1 Å². The number of carbonyl (C=O) groups excluding carboxylic acids is 3. The molecule has 1 atom stereocenters. The molecule has 0 saturated carbocycles. The fraction of sp³-hybridized carbons (Fsp3) is 0.444. The summed E-state index contributed by atoms with van der Waals surface area (Å²) in [6.45, 7) is 4.58. The second-order valence-electron chi connectivity index (χ2n) is 6.35. The van der Waals surface area contributed by atoms with Crippen molar-refractivity contribution in [3.63, 3.8) is 0 Å². The van der Waals surface area contributed by atoms with Crippen molar-refractivity contribution in [3.05, 3.63) is 29.3 Å². The number of alkyl halides is 3. The largest absolute Gasteiger partial charge is 0.490 e. The van der Waals surface area contributed by atoms with Gasteiger partial charge in [-0.1, -0.05) is 6.07 Å². The molecule has 0 spiro atoms. The van der Waals surface area contributed by atoms with Crippen LogP contribution in [0.1, 0.15) is 25.0 Å². The summed E-state index contributed by atoms with van der Waals surface area (Å²) in [5, 5.41) is 21.7. The molecule has 0 aliphatic rings. The molecule has 0 saturated heterocycles. The number of esters is 1. The molecule has 1 aromatic rings. The number of amides is 2. The van der Waals surface area contributed by atoms with Crippen molar-refractivity contribution in [2.45, 2.75) is 39.1 Å². The van der Waals surface area contributed by atoms with Gasteiger partial charge in [0.15, 0.2) is 5.60 Å². The van der Waals surface area contributed by atoms with Gasteiger partial charge in [0.1, 0.15) is 0 Å². The van der Waals surface area contributed by atoms with Crippen LogP contribution in [0.4, 0.5) is 18.9 Å². The van der Waals surface area contributed by atoms with E-state index in [1.54, 1.807) is 19.1 Å². The summed E-state index contributed by atoms with van der Waals surface area (Å²) >= 11 is 0. The topological polar surface area (TPSA) is 168 Å². The van der Waals surface area contributed by atoms with Gasteiger partial charge in [-0.05, 0) is 44.0 Å². The number of aliphatic carboxylic acids is 1. The molecule has 0 aliphatic heterocycles. The van der Waals surface area contributed by atoms with E-state index in [9.17, 15) is 32.7 Å². The number of hydrogen-bond donors (Lipinski definition) is 5. The summed E-state index contributed by atoms with van der Waals surface area (Å²) < 4.78 is 36.4. The number of halogens is 3. The summed E-state index contributed by atoms with van der Waals surface area (Å²) in [4.78, 5) is 44.1. The summed E-state index contributed by atoms with van der Waals surface area (Å²) in [6, 6.07) is 5.22. The number of aliphatic hydroxyl groups is 1. The number of nitrogens with one attached hydrogen (secondary N) is 2. The van der Waals surface area contributed by atoms with E-state index in [0.717, 1.165) is 11.1 Å². The lowest BCUT2D eigenvalue weighted by Gasteiger charge is -2.21. The molecule has 174 valence electrons. The number of nitrogens with two attached hydrogens (primary N) is 1. The van der Waals surface area contributed by atoms with Gasteiger partial charge in [0.2, 0.25) is 0 Å². The number of carbonyl (C=O) groups is 4. The highest BCUT2D eigenvalue weighted by Crippen LogP contribution is 2.14. The lowest BCUT2D eigenvalue weighted by molar-refractivity contribution is -0.192. The molecular weight excluding hydrogens is 427 g/mol. The summed E-state index contributed by atoms with van der Waals surface area (Å²) in [7, 11) is 0. The number of ether oxygens (including phenoxy) is 1. The van der Waals surface area contributed by atoms with Crippen molar-refractivity contribution in [3.8, 4) is 0 Å². The van der Waals surface area contributed by atoms with Gasteiger partial charge < -0.3 is 31.3 Å². The Hall–Kier alpha value is -3.19. The van der Waals surface area contributed by atoms with Crippen molar-refractivity contribution < 1.29 is 47.3 Å². The minimum atomic E-state index is -5.08. The fourth-order valence-electron chi connectivity index (χ4n) is 1.93. The normalized spacial score (nSPS) is 12.5. The molecule has 0 aliphatic carbocycles. The van der Waals surface area contributed by atoms with Crippen molar-refractivity contribution in [2.75, 3.05) is 18.5 Å². The summed E-state index contributed by atoms with van der Waals surface area (Å²) in [5.74, 6) is -5.52. The van der Waals surface area contributed by atoms with Crippen LogP contribution in [-0.2, 0) is 30.5 Å². The molecule has 31 heavy (non-hydrogen) atoms. The monoisotopic (exact) mass is 451 g/mol. The molecule has 0 fully saturated rings. The highest BCUT2D eigenvalue weighted by molar-refractivity contribution is 6.39. The van der Waals surface area contributed by atoms with E-state index in [1.807, 2.05) is 13.0 Å². The van der Waals surface area contributed by atoms with Crippen LogP contribution in [-0.4, -0.2) is 58.9 Å². The molecule has 2 amide bonds. The van der Waals surface area contributed by atoms with E-state index >= 15 is 0 Å². The Bertz CT molecular complexity index is 811. The number of benzene rings is 1. The summed E-state index contributed by atoms with van der Waals surface area (Å²) in [5.41, 5.74) is 5.79. The Morgan fingerprint density at radius 1 is 1.13 bits per heavy atom. The Morgan fingerprint density at radius 2 is 1.68 bits per heavy atom. The first kappa shape index (κ1) is 27.8. The number of hydrogen-bond acceptors (Lipinski definition) is 7. The van der Waals surface area contributed by atoms with Crippen molar-refractivity contribution in [1.82, 2.24) is 5.32 Å². The molecular formula is C18H24F3N3O7. The molecule has 13 heteroatoms. The molecule has 10 nitrogen and oxygen atoms in total. The van der Waals surface area contributed by atoms with Gasteiger partial charge in [0.05, 0.1) is 13.2 Å². The molecule has 1 unspecified atom stereocenters. The zero-order valence-corrected chi connectivity index (χ0v) is 17.0. The van der Waals surface area contributed by atoms with Crippen LogP contribution < -0.4 is 16.4 Å². The maximum atomic E-state index is 11.9. The van der Waals surface area contributed by atoms with Gasteiger partial charge in [-0.2, -0.15) is 13.2 Å². The molecule has 0 aromatic heterocycles. The van der Waals surface area contributed by atoms with Crippen LogP contribution in [0.25, 0.3) is 0 Å². The molecule has 0 heterocycles. The Morgan fingerprint density at radius 3 is 2.13 bits per heavy atom. The van der Waals surface area contributed by atoms with E-state index in [2.05, 4.69) is 15.4 Å². The van der Waals surface area contributed by atoms with Crippen LogP contribution in [0.5, 0.6) is 0 Å². The number of aryl methyl sites for hydroxylation is 1. The molecule has 6 N–H and O–H groups in total. The minimum absolute atomic E-state index is 0.0975. The van der Waals surface area contributed by atoms with E-state index in [0.29, 0.717) is 12.2 Å². The second-order valence-corrected chi connectivity index (χ2v) is 6.35. The van der Waals surface area contributed by atoms with E-state index in [-0.39, 0.29) is 6.61 Å². The third-order valence-electron chi connectivity index (χ3n) is 3.39. The highest BCUT2D eigenvalue weighted by Gasteiger charge is 2.38. The lowest BCUT2D eigenvalue weighted by Crippen LogP contribution is -2.49. The fourth-order valence-corrected chi connectivity index (χ4v) is 1.93. The first-order valence-corrected chi connectivity index (χ1v) is 8.73. The number of carboxylic acids is 1. The zero-order chi connectivity index (χ0) is 24.4. The average Bonchev–Trinajstić information content (AvgIpc) is 2.65. The number of anilines is 1. The minimum Gasteiger partial charge on any atom is -0.475 e. The molecule has 0 bridgehead atoms. The smallest absolute Gasteiger partial charge is 0.475 e. The Balaban J connectivity index is 0.00000110. The predicted molar refractivity (Wildman–Crippen MR) is 102 cm³/mol. The van der Waals surface area contributed by atoms with Crippen molar-refractivity contribution >= 4 is 29.4 Å². The second kappa shape index (κ2) is 11.9.